The van der Waals surface area contributed by atoms with E-state index in [4.69, 9.17) is 10.00 Å². The van der Waals surface area contributed by atoms with Crippen LogP contribution >= 0.6 is 0 Å². The Morgan fingerprint density at radius 3 is 1.96 bits per heavy atom. The summed E-state index contributed by atoms with van der Waals surface area (Å²) in [6, 6.07) is 18.7. The fourth-order valence-corrected chi connectivity index (χ4v) is 3.00. The third-order valence-corrected chi connectivity index (χ3v) is 4.47. The summed E-state index contributed by atoms with van der Waals surface area (Å²) in [4.78, 5) is 12.3. The number of hydrogen-bond acceptors (Lipinski definition) is 4. The maximum absolute atomic E-state index is 12.3. The molecule has 0 spiro atoms. The lowest BCUT2D eigenvalue weighted by Gasteiger charge is -2.17. The predicted molar refractivity (Wildman–Crippen MR) is 88.7 cm³/mol. The molecule has 0 N–H and O–H groups in total. The Morgan fingerprint density at radius 2 is 1.46 bits per heavy atom. The van der Waals surface area contributed by atoms with Crippen LogP contribution in [0, 0.1) is 28.1 Å². The second kappa shape index (κ2) is 6.56. The molecule has 0 atom stereocenters. The van der Waals surface area contributed by atoms with Crippen LogP contribution in [-0.4, -0.2) is 5.97 Å². The van der Waals surface area contributed by atoms with Crippen molar-refractivity contribution in [3.05, 3.63) is 54.1 Å². The van der Waals surface area contributed by atoms with Crippen molar-refractivity contribution in [2.24, 2.45) is 5.41 Å². The summed E-state index contributed by atoms with van der Waals surface area (Å²) in [5.74, 6) is -0.00690. The summed E-state index contributed by atoms with van der Waals surface area (Å²) in [6.45, 7) is 0. The number of hydrogen-bond donors (Lipinski definition) is 0. The van der Waals surface area contributed by atoms with Gasteiger partial charge in [0.25, 0.3) is 0 Å². The minimum Gasteiger partial charge on any atom is -0.425 e. The van der Waals surface area contributed by atoms with Crippen molar-refractivity contribution in [1.82, 2.24) is 0 Å². The van der Waals surface area contributed by atoms with Gasteiger partial charge in [0.05, 0.1) is 17.7 Å². The average Bonchev–Trinajstić information content (AvgIpc) is 3.13. The van der Waals surface area contributed by atoms with Crippen molar-refractivity contribution in [3.63, 3.8) is 0 Å². The van der Waals surface area contributed by atoms with E-state index < -0.39 is 11.4 Å². The quantitative estimate of drug-likeness (QED) is 0.628. The first-order valence-corrected chi connectivity index (χ1v) is 7.91. The second-order valence-electron chi connectivity index (χ2n) is 6.00. The zero-order valence-electron chi connectivity index (χ0n) is 13.2. The molecule has 0 unspecified atom stereocenters. The SMILES string of the molecule is N#Cc1ccc(-c2ccc(OC(=O)C3(C#N)CCCC3)cc2)cc1. The third-order valence-electron chi connectivity index (χ3n) is 4.47. The highest BCUT2D eigenvalue weighted by molar-refractivity contribution is 5.82. The topological polar surface area (TPSA) is 73.9 Å². The van der Waals surface area contributed by atoms with E-state index in [9.17, 15) is 10.1 Å². The molecular formula is C20H16N2O2. The molecule has 0 amide bonds. The van der Waals surface area contributed by atoms with Crippen LogP contribution in [0.3, 0.4) is 0 Å². The Balaban J connectivity index is 1.74. The Kier molecular flexibility index (Phi) is 4.31. The van der Waals surface area contributed by atoms with Crippen molar-refractivity contribution >= 4 is 5.97 Å². The van der Waals surface area contributed by atoms with Crippen molar-refractivity contribution < 1.29 is 9.53 Å². The van der Waals surface area contributed by atoms with Crippen LogP contribution < -0.4 is 4.74 Å². The first kappa shape index (κ1) is 15.8. The number of benzene rings is 2. The number of ether oxygens (including phenoxy) is 1. The molecule has 3 rings (SSSR count). The summed E-state index contributed by atoms with van der Waals surface area (Å²) in [5, 5.41) is 18.2. The van der Waals surface area contributed by atoms with E-state index in [0.717, 1.165) is 24.0 Å². The highest BCUT2D eigenvalue weighted by Crippen LogP contribution is 2.39. The largest absolute Gasteiger partial charge is 0.425 e. The number of nitriles is 2. The van der Waals surface area contributed by atoms with Crippen LogP contribution in [0.25, 0.3) is 11.1 Å². The third kappa shape index (κ3) is 3.00. The molecular weight excluding hydrogens is 300 g/mol. The fraction of sp³-hybridized carbons (Fsp3) is 0.250. The van der Waals surface area contributed by atoms with Gasteiger partial charge in [-0.1, -0.05) is 37.1 Å². The minimum absolute atomic E-state index is 0.443. The molecule has 0 heterocycles. The minimum atomic E-state index is -0.980. The van der Waals surface area contributed by atoms with Crippen LogP contribution in [0.1, 0.15) is 31.2 Å². The van der Waals surface area contributed by atoms with Crippen molar-refractivity contribution in [3.8, 4) is 29.0 Å². The summed E-state index contributed by atoms with van der Waals surface area (Å²) in [6.07, 6.45) is 2.93. The number of carbonyl (C=O) groups is 1. The number of rotatable bonds is 3. The molecule has 2 aromatic carbocycles. The predicted octanol–water partition coefficient (Wildman–Crippen LogP) is 4.21. The van der Waals surface area contributed by atoms with Crippen LogP contribution in [0.4, 0.5) is 0 Å². The normalized spacial score (nSPS) is 15.2. The molecule has 1 fully saturated rings. The molecule has 0 radical (unpaired) electrons. The Hall–Kier alpha value is -3.11. The van der Waals surface area contributed by atoms with E-state index in [-0.39, 0.29) is 0 Å². The fourth-order valence-electron chi connectivity index (χ4n) is 3.00. The van der Waals surface area contributed by atoms with Crippen LogP contribution in [0.2, 0.25) is 0 Å². The van der Waals surface area contributed by atoms with Crippen molar-refractivity contribution in [1.29, 1.82) is 10.5 Å². The lowest BCUT2D eigenvalue weighted by Crippen LogP contribution is -2.30. The maximum atomic E-state index is 12.3. The molecule has 4 heteroatoms. The molecule has 118 valence electrons. The van der Waals surface area contributed by atoms with Gasteiger partial charge in [0.15, 0.2) is 5.41 Å². The van der Waals surface area contributed by atoms with Gasteiger partial charge in [0.2, 0.25) is 0 Å². The molecule has 1 aliphatic carbocycles. The lowest BCUT2D eigenvalue weighted by atomic mass is 9.88. The smallest absolute Gasteiger partial charge is 0.331 e. The Bertz CT molecular complexity index is 818. The number of esters is 1. The van der Waals surface area contributed by atoms with Crippen LogP contribution in [-0.2, 0) is 4.79 Å². The average molecular weight is 316 g/mol. The summed E-state index contributed by atoms with van der Waals surface area (Å²) >= 11 is 0. The summed E-state index contributed by atoms with van der Waals surface area (Å²) in [7, 11) is 0. The summed E-state index contributed by atoms with van der Waals surface area (Å²) < 4.78 is 5.42. The molecule has 2 aromatic rings. The van der Waals surface area contributed by atoms with E-state index in [1.54, 1.807) is 24.3 Å². The number of carbonyl (C=O) groups excluding carboxylic acids is 1. The highest BCUT2D eigenvalue weighted by Gasteiger charge is 2.43. The first-order valence-electron chi connectivity index (χ1n) is 7.91. The first-order chi connectivity index (χ1) is 11.7. The standard InChI is InChI=1S/C20H16N2O2/c21-13-15-3-5-16(6-4-15)17-7-9-18(10-8-17)24-19(23)20(14-22)11-1-2-12-20/h3-10H,1-2,11-12H2. The molecule has 0 bridgehead atoms. The molecule has 0 aromatic heterocycles. The second-order valence-corrected chi connectivity index (χ2v) is 6.00. The number of nitrogens with zero attached hydrogens (tertiary/aromatic N) is 2. The zero-order chi connectivity index (χ0) is 17.0. The highest BCUT2D eigenvalue weighted by atomic mass is 16.5. The van der Waals surface area contributed by atoms with Gasteiger partial charge in [-0.2, -0.15) is 10.5 Å². The molecule has 1 saturated carbocycles. The van der Waals surface area contributed by atoms with Crippen molar-refractivity contribution in [2.75, 3.05) is 0 Å². The van der Waals surface area contributed by atoms with Gasteiger partial charge in [0, 0.05) is 0 Å². The van der Waals surface area contributed by atoms with Gasteiger partial charge < -0.3 is 4.74 Å². The lowest BCUT2D eigenvalue weighted by molar-refractivity contribution is -0.142. The monoisotopic (exact) mass is 316 g/mol. The van der Waals surface area contributed by atoms with Gasteiger partial charge in [-0.3, -0.25) is 0 Å². The Morgan fingerprint density at radius 1 is 0.917 bits per heavy atom. The van der Waals surface area contributed by atoms with Gasteiger partial charge in [-0.15, -0.1) is 0 Å². The molecule has 4 nitrogen and oxygen atoms in total. The Labute approximate surface area is 140 Å². The van der Waals surface area contributed by atoms with Gasteiger partial charge in [0.1, 0.15) is 5.75 Å². The van der Waals surface area contributed by atoms with Crippen LogP contribution in [0.15, 0.2) is 48.5 Å². The van der Waals surface area contributed by atoms with E-state index in [1.807, 2.05) is 24.3 Å². The summed E-state index contributed by atoms with van der Waals surface area (Å²) in [5.41, 5.74) is 1.58. The van der Waals surface area contributed by atoms with Gasteiger partial charge in [-0.05, 0) is 48.2 Å². The van der Waals surface area contributed by atoms with Crippen molar-refractivity contribution in [2.45, 2.75) is 25.7 Å². The van der Waals surface area contributed by atoms with Gasteiger partial charge in [-0.25, -0.2) is 4.79 Å². The van der Waals surface area contributed by atoms with E-state index >= 15 is 0 Å². The molecule has 1 aliphatic rings. The van der Waals surface area contributed by atoms with E-state index in [1.165, 1.54) is 0 Å². The van der Waals surface area contributed by atoms with E-state index in [2.05, 4.69) is 12.1 Å². The molecule has 0 aliphatic heterocycles. The molecule has 0 saturated heterocycles. The van der Waals surface area contributed by atoms with Gasteiger partial charge >= 0.3 is 5.97 Å². The van der Waals surface area contributed by atoms with Crippen LogP contribution in [0.5, 0.6) is 5.75 Å². The van der Waals surface area contributed by atoms with E-state index in [0.29, 0.717) is 24.2 Å². The maximum Gasteiger partial charge on any atom is 0.331 e. The zero-order valence-corrected chi connectivity index (χ0v) is 13.2. The molecule has 24 heavy (non-hydrogen) atoms.